The summed E-state index contributed by atoms with van der Waals surface area (Å²) in [6, 6.07) is 0.844. The highest BCUT2D eigenvalue weighted by Gasteiger charge is 2.17. The van der Waals surface area contributed by atoms with Crippen LogP contribution in [0, 0.1) is 17.5 Å². The molecule has 18 heavy (non-hydrogen) atoms. The standard InChI is InChI=1S/C11H11F5O2/c12-7-4-9(14)8(13)3-6(7)10(17)1-2-18-5-11(15)16/h3-4,10-11,17H,1-2,5H2. The summed E-state index contributed by atoms with van der Waals surface area (Å²) in [6.07, 6.45) is -4.28. The van der Waals surface area contributed by atoms with Gasteiger partial charge in [0.05, 0.1) is 6.10 Å². The Bertz CT molecular complexity index is 397. The van der Waals surface area contributed by atoms with Gasteiger partial charge in [0, 0.05) is 24.7 Å². The molecule has 1 atom stereocenters. The Kier molecular flexibility index (Phi) is 5.49. The minimum Gasteiger partial charge on any atom is -0.388 e. The van der Waals surface area contributed by atoms with Gasteiger partial charge in [0.1, 0.15) is 12.4 Å². The molecule has 102 valence electrons. The molecular weight excluding hydrogens is 259 g/mol. The van der Waals surface area contributed by atoms with Crippen LogP contribution in [0.3, 0.4) is 0 Å². The second-order valence-corrected chi connectivity index (χ2v) is 3.56. The lowest BCUT2D eigenvalue weighted by atomic mass is 10.1. The number of aliphatic hydroxyl groups excluding tert-OH is 1. The maximum Gasteiger partial charge on any atom is 0.261 e. The first-order valence-corrected chi connectivity index (χ1v) is 5.10. The maximum atomic E-state index is 13.2. The fourth-order valence-corrected chi connectivity index (χ4v) is 1.32. The number of rotatable bonds is 6. The number of benzene rings is 1. The minimum atomic E-state index is -2.64. The van der Waals surface area contributed by atoms with Gasteiger partial charge in [-0.3, -0.25) is 0 Å². The molecule has 0 aromatic heterocycles. The van der Waals surface area contributed by atoms with Crippen molar-refractivity contribution >= 4 is 0 Å². The van der Waals surface area contributed by atoms with Crippen molar-refractivity contribution in [1.29, 1.82) is 0 Å². The van der Waals surface area contributed by atoms with Gasteiger partial charge in [-0.05, 0) is 6.07 Å². The van der Waals surface area contributed by atoms with Crippen molar-refractivity contribution in [3.05, 3.63) is 35.1 Å². The van der Waals surface area contributed by atoms with E-state index >= 15 is 0 Å². The van der Waals surface area contributed by atoms with E-state index in [1.54, 1.807) is 0 Å². The lowest BCUT2D eigenvalue weighted by molar-refractivity contribution is 0.00444. The predicted molar refractivity (Wildman–Crippen MR) is 52.7 cm³/mol. The Balaban J connectivity index is 2.56. The molecule has 7 heteroatoms. The molecule has 0 aliphatic heterocycles. The fourth-order valence-electron chi connectivity index (χ4n) is 1.32. The molecule has 0 aliphatic carbocycles. The van der Waals surface area contributed by atoms with Gasteiger partial charge in [-0.1, -0.05) is 0 Å². The van der Waals surface area contributed by atoms with E-state index in [0.29, 0.717) is 12.1 Å². The molecule has 1 N–H and O–H groups in total. The molecule has 0 spiro atoms. The molecular formula is C11H11F5O2. The third kappa shape index (κ3) is 4.23. The Morgan fingerprint density at radius 2 is 1.67 bits per heavy atom. The van der Waals surface area contributed by atoms with Crippen LogP contribution in [0.5, 0.6) is 0 Å². The summed E-state index contributed by atoms with van der Waals surface area (Å²) in [6.45, 7) is -1.04. The highest BCUT2D eigenvalue weighted by Crippen LogP contribution is 2.22. The molecule has 0 heterocycles. The largest absolute Gasteiger partial charge is 0.388 e. The molecule has 0 saturated heterocycles. The predicted octanol–water partition coefficient (Wildman–Crippen LogP) is 2.81. The van der Waals surface area contributed by atoms with Gasteiger partial charge in [0.25, 0.3) is 6.43 Å². The van der Waals surface area contributed by atoms with Crippen LogP contribution in [0.4, 0.5) is 22.0 Å². The Morgan fingerprint density at radius 1 is 1.06 bits per heavy atom. The van der Waals surface area contributed by atoms with E-state index in [0.717, 1.165) is 0 Å². The van der Waals surface area contributed by atoms with Crippen molar-refractivity contribution in [3.63, 3.8) is 0 Å². The zero-order valence-electron chi connectivity index (χ0n) is 9.18. The number of hydrogen-bond donors (Lipinski definition) is 1. The van der Waals surface area contributed by atoms with Crippen molar-refractivity contribution < 1.29 is 31.8 Å². The highest BCUT2D eigenvalue weighted by molar-refractivity contribution is 5.22. The van der Waals surface area contributed by atoms with Gasteiger partial charge in [0.15, 0.2) is 11.6 Å². The molecule has 0 saturated carbocycles. The van der Waals surface area contributed by atoms with Crippen molar-refractivity contribution in [2.45, 2.75) is 19.0 Å². The minimum absolute atomic E-state index is 0.200. The van der Waals surface area contributed by atoms with Crippen LogP contribution in [-0.4, -0.2) is 24.7 Å². The zero-order chi connectivity index (χ0) is 13.7. The fraction of sp³-hybridized carbons (Fsp3) is 0.455. The first kappa shape index (κ1) is 14.8. The van der Waals surface area contributed by atoms with Gasteiger partial charge in [0.2, 0.25) is 0 Å². The number of halogens is 5. The number of alkyl halides is 2. The second kappa shape index (κ2) is 6.65. The molecule has 1 aromatic rings. The quantitative estimate of drug-likeness (QED) is 0.489. The smallest absolute Gasteiger partial charge is 0.261 e. The van der Waals surface area contributed by atoms with Gasteiger partial charge in [-0.15, -0.1) is 0 Å². The molecule has 0 amide bonds. The first-order chi connectivity index (χ1) is 8.41. The van der Waals surface area contributed by atoms with Crippen LogP contribution in [0.15, 0.2) is 12.1 Å². The Morgan fingerprint density at radius 3 is 2.28 bits per heavy atom. The number of aliphatic hydroxyl groups is 1. The summed E-state index contributed by atoms with van der Waals surface area (Å²) in [5.74, 6) is -3.76. The van der Waals surface area contributed by atoms with Crippen LogP contribution in [0.2, 0.25) is 0 Å². The molecule has 1 aromatic carbocycles. The van der Waals surface area contributed by atoms with E-state index in [1.807, 2.05) is 0 Å². The van der Waals surface area contributed by atoms with Crippen LogP contribution >= 0.6 is 0 Å². The summed E-state index contributed by atoms with van der Waals surface area (Å²) < 4.78 is 66.5. The topological polar surface area (TPSA) is 29.5 Å². The number of ether oxygens (including phenoxy) is 1. The third-order valence-electron chi connectivity index (χ3n) is 2.18. The van der Waals surface area contributed by atoms with Crippen LogP contribution in [0.1, 0.15) is 18.1 Å². The monoisotopic (exact) mass is 270 g/mol. The van der Waals surface area contributed by atoms with Gasteiger partial charge in [-0.2, -0.15) is 0 Å². The summed E-state index contributed by atoms with van der Waals surface area (Å²) in [4.78, 5) is 0. The third-order valence-corrected chi connectivity index (χ3v) is 2.18. The van der Waals surface area contributed by atoms with Crippen molar-refractivity contribution in [2.24, 2.45) is 0 Å². The van der Waals surface area contributed by atoms with Crippen molar-refractivity contribution in [2.75, 3.05) is 13.2 Å². The Labute approximate surface area is 100.0 Å². The van der Waals surface area contributed by atoms with Gasteiger partial charge < -0.3 is 9.84 Å². The maximum absolute atomic E-state index is 13.2. The average molecular weight is 270 g/mol. The average Bonchev–Trinajstić information content (AvgIpc) is 2.28. The van der Waals surface area contributed by atoms with E-state index in [4.69, 9.17) is 0 Å². The van der Waals surface area contributed by atoms with E-state index in [-0.39, 0.29) is 13.0 Å². The van der Waals surface area contributed by atoms with Crippen LogP contribution in [-0.2, 0) is 4.74 Å². The molecule has 2 nitrogen and oxygen atoms in total. The molecule has 1 unspecified atom stereocenters. The first-order valence-electron chi connectivity index (χ1n) is 5.10. The van der Waals surface area contributed by atoms with Crippen LogP contribution < -0.4 is 0 Å². The molecule has 1 rings (SSSR count). The van der Waals surface area contributed by atoms with Crippen LogP contribution in [0.25, 0.3) is 0 Å². The normalized spacial score (nSPS) is 13.1. The summed E-state index contributed by atoms with van der Waals surface area (Å²) in [5.41, 5.74) is -0.436. The zero-order valence-corrected chi connectivity index (χ0v) is 9.18. The van der Waals surface area contributed by atoms with E-state index in [2.05, 4.69) is 4.74 Å². The van der Waals surface area contributed by atoms with Crippen molar-refractivity contribution in [1.82, 2.24) is 0 Å². The molecule has 0 fully saturated rings. The van der Waals surface area contributed by atoms with E-state index in [9.17, 15) is 27.1 Å². The summed E-state index contributed by atoms with van der Waals surface area (Å²) in [5, 5.41) is 9.49. The molecule has 0 aliphatic rings. The second-order valence-electron chi connectivity index (χ2n) is 3.56. The molecule has 0 radical (unpaired) electrons. The lowest BCUT2D eigenvalue weighted by Gasteiger charge is -2.12. The van der Waals surface area contributed by atoms with E-state index in [1.165, 1.54) is 0 Å². The van der Waals surface area contributed by atoms with Gasteiger partial charge in [-0.25, -0.2) is 22.0 Å². The SMILES string of the molecule is OC(CCOCC(F)F)c1cc(F)c(F)cc1F. The summed E-state index contributed by atoms with van der Waals surface area (Å²) >= 11 is 0. The summed E-state index contributed by atoms with van der Waals surface area (Å²) in [7, 11) is 0. The highest BCUT2D eigenvalue weighted by atomic mass is 19.3. The van der Waals surface area contributed by atoms with E-state index < -0.39 is 42.2 Å². The Hall–Kier alpha value is -1.21. The molecule has 0 bridgehead atoms. The van der Waals surface area contributed by atoms with Gasteiger partial charge >= 0.3 is 0 Å². The van der Waals surface area contributed by atoms with Crippen molar-refractivity contribution in [3.8, 4) is 0 Å². The number of hydrogen-bond acceptors (Lipinski definition) is 2. The lowest BCUT2D eigenvalue weighted by Crippen LogP contribution is -2.10.